The number of benzene rings is 1. The first kappa shape index (κ1) is 14.7. The number of nitrogens with zero attached hydrogens (tertiary/aromatic N) is 1. The van der Waals surface area contributed by atoms with E-state index in [0.29, 0.717) is 12.1 Å². The van der Waals surface area contributed by atoms with Gasteiger partial charge in [0.2, 0.25) is 12.7 Å². The zero-order valence-corrected chi connectivity index (χ0v) is 13.0. The smallest absolute Gasteiger partial charge is 0.247 e. The summed E-state index contributed by atoms with van der Waals surface area (Å²) >= 11 is 0. The molecule has 4 nitrogen and oxygen atoms in total. The van der Waals surface area contributed by atoms with E-state index in [1.165, 1.54) is 0 Å². The maximum atomic E-state index is 12.2. The molecule has 1 aromatic rings. The number of rotatable bonds is 3. The van der Waals surface area contributed by atoms with Crippen molar-refractivity contribution >= 4 is 12.0 Å². The van der Waals surface area contributed by atoms with Crippen molar-refractivity contribution in [3.05, 3.63) is 42.0 Å². The Morgan fingerprint density at radius 2 is 1.86 bits per heavy atom. The highest BCUT2D eigenvalue weighted by Crippen LogP contribution is 2.32. The van der Waals surface area contributed by atoms with Gasteiger partial charge in [-0.15, -0.1) is 0 Å². The molecule has 22 heavy (non-hydrogen) atoms. The van der Waals surface area contributed by atoms with Gasteiger partial charge in [-0.3, -0.25) is 4.79 Å². The highest BCUT2D eigenvalue weighted by atomic mass is 16.7. The third kappa shape index (κ3) is 3.01. The second-order valence-corrected chi connectivity index (χ2v) is 5.85. The van der Waals surface area contributed by atoms with Crippen LogP contribution in [-0.2, 0) is 4.79 Å². The Hall–Kier alpha value is -2.23. The Labute approximate surface area is 131 Å². The van der Waals surface area contributed by atoms with Crippen LogP contribution in [0.1, 0.15) is 32.3 Å². The molecule has 1 amide bonds. The van der Waals surface area contributed by atoms with Gasteiger partial charge < -0.3 is 14.4 Å². The van der Waals surface area contributed by atoms with Crippen LogP contribution in [0.3, 0.4) is 0 Å². The molecular weight excluding hydrogens is 278 g/mol. The van der Waals surface area contributed by atoms with E-state index in [-0.39, 0.29) is 12.7 Å². The Morgan fingerprint density at radius 1 is 1.14 bits per heavy atom. The summed E-state index contributed by atoms with van der Waals surface area (Å²) in [5.74, 6) is 1.63. The van der Waals surface area contributed by atoms with E-state index in [1.54, 1.807) is 12.2 Å². The average Bonchev–Trinajstić information content (AvgIpc) is 3.09. The molecule has 0 unspecified atom stereocenters. The minimum atomic E-state index is 0.0906. The molecule has 0 spiro atoms. The van der Waals surface area contributed by atoms with Crippen molar-refractivity contribution in [1.29, 1.82) is 0 Å². The number of likely N-dealkylation sites (tertiary alicyclic amines) is 1. The van der Waals surface area contributed by atoms with Gasteiger partial charge in [0, 0.05) is 18.2 Å². The topological polar surface area (TPSA) is 38.8 Å². The fourth-order valence-electron chi connectivity index (χ4n) is 3.04. The first-order valence-electron chi connectivity index (χ1n) is 7.72. The fourth-order valence-corrected chi connectivity index (χ4v) is 3.04. The molecule has 1 aromatic carbocycles. The van der Waals surface area contributed by atoms with Crippen LogP contribution in [0.5, 0.6) is 11.5 Å². The first-order valence-corrected chi connectivity index (χ1v) is 7.72. The molecule has 3 rings (SSSR count). The molecule has 0 N–H and O–H groups in total. The number of amides is 1. The number of hydrogen-bond donors (Lipinski definition) is 0. The summed E-state index contributed by atoms with van der Waals surface area (Å²) in [7, 11) is 0. The third-order valence-electron chi connectivity index (χ3n) is 4.24. The Bertz CT molecular complexity index is 611. The van der Waals surface area contributed by atoms with Crippen LogP contribution in [0, 0.1) is 0 Å². The quantitative estimate of drug-likeness (QED) is 0.634. The molecule has 116 valence electrons. The van der Waals surface area contributed by atoms with Crippen molar-refractivity contribution in [2.45, 2.75) is 38.8 Å². The van der Waals surface area contributed by atoms with E-state index in [0.717, 1.165) is 29.9 Å². The van der Waals surface area contributed by atoms with Gasteiger partial charge in [-0.05, 0) is 44.4 Å². The molecule has 2 heterocycles. The van der Waals surface area contributed by atoms with Crippen molar-refractivity contribution in [3.63, 3.8) is 0 Å². The lowest BCUT2D eigenvalue weighted by molar-refractivity contribution is -0.128. The van der Waals surface area contributed by atoms with Gasteiger partial charge in [-0.1, -0.05) is 24.3 Å². The number of hydrogen-bond acceptors (Lipinski definition) is 3. The molecule has 0 bridgehead atoms. The second kappa shape index (κ2) is 6.26. The number of ether oxygens (including phenoxy) is 2. The molecule has 0 saturated carbocycles. The monoisotopic (exact) mass is 299 g/mol. The summed E-state index contributed by atoms with van der Waals surface area (Å²) in [4.78, 5) is 14.2. The normalized spacial score (nSPS) is 23.8. The minimum absolute atomic E-state index is 0.0906. The van der Waals surface area contributed by atoms with Crippen molar-refractivity contribution in [1.82, 2.24) is 4.90 Å². The van der Waals surface area contributed by atoms with Gasteiger partial charge in [0.25, 0.3) is 0 Å². The van der Waals surface area contributed by atoms with E-state index in [1.807, 2.05) is 35.3 Å². The number of carbonyl (C=O) groups excluding carboxylic acids is 1. The Kier molecular flexibility index (Phi) is 4.18. The lowest BCUT2D eigenvalue weighted by Crippen LogP contribution is -2.37. The van der Waals surface area contributed by atoms with Crippen molar-refractivity contribution in [2.24, 2.45) is 0 Å². The minimum Gasteiger partial charge on any atom is -0.454 e. The molecule has 2 aliphatic heterocycles. The van der Waals surface area contributed by atoms with Gasteiger partial charge >= 0.3 is 0 Å². The highest BCUT2D eigenvalue weighted by molar-refractivity contribution is 5.88. The van der Waals surface area contributed by atoms with E-state index < -0.39 is 0 Å². The molecular formula is C18H21NO3. The summed E-state index contributed by atoms with van der Waals surface area (Å²) < 4.78 is 10.6. The molecule has 1 fully saturated rings. The number of allylic oxidation sites excluding steroid dienone is 2. The Balaban J connectivity index is 1.60. The largest absolute Gasteiger partial charge is 0.454 e. The predicted octanol–water partition coefficient (Wildman–Crippen LogP) is 3.38. The van der Waals surface area contributed by atoms with Gasteiger partial charge in [0.05, 0.1) is 0 Å². The van der Waals surface area contributed by atoms with Gasteiger partial charge in [0.1, 0.15) is 0 Å². The third-order valence-corrected chi connectivity index (χ3v) is 4.24. The predicted molar refractivity (Wildman–Crippen MR) is 85.7 cm³/mol. The Morgan fingerprint density at radius 3 is 2.64 bits per heavy atom. The maximum absolute atomic E-state index is 12.2. The van der Waals surface area contributed by atoms with Crippen LogP contribution in [-0.4, -0.2) is 29.7 Å². The van der Waals surface area contributed by atoms with Gasteiger partial charge in [-0.25, -0.2) is 0 Å². The van der Waals surface area contributed by atoms with Crippen molar-refractivity contribution in [3.8, 4) is 11.5 Å². The average molecular weight is 299 g/mol. The molecule has 0 radical (unpaired) electrons. The van der Waals surface area contributed by atoms with Gasteiger partial charge in [-0.2, -0.15) is 0 Å². The van der Waals surface area contributed by atoms with Crippen LogP contribution in [0.2, 0.25) is 0 Å². The van der Waals surface area contributed by atoms with Crippen LogP contribution >= 0.6 is 0 Å². The summed E-state index contributed by atoms with van der Waals surface area (Å²) in [6, 6.07) is 6.46. The lowest BCUT2D eigenvalue weighted by atomic mass is 10.2. The van der Waals surface area contributed by atoms with Gasteiger partial charge in [0.15, 0.2) is 11.5 Å². The van der Waals surface area contributed by atoms with Crippen molar-refractivity contribution < 1.29 is 14.3 Å². The van der Waals surface area contributed by atoms with Crippen LogP contribution in [0.25, 0.3) is 6.08 Å². The number of fused-ring (bicyclic) bond motifs is 1. The summed E-state index contributed by atoms with van der Waals surface area (Å²) in [6.45, 7) is 4.50. The van der Waals surface area contributed by atoms with E-state index in [4.69, 9.17) is 9.47 Å². The maximum Gasteiger partial charge on any atom is 0.247 e. The first-order chi connectivity index (χ1) is 10.6. The van der Waals surface area contributed by atoms with E-state index >= 15 is 0 Å². The zero-order valence-electron chi connectivity index (χ0n) is 13.0. The zero-order chi connectivity index (χ0) is 15.5. The highest BCUT2D eigenvalue weighted by Gasteiger charge is 2.29. The molecule has 2 aliphatic rings. The molecule has 2 atom stereocenters. The molecule has 1 saturated heterocycles. The standard InChI is InChI=1S/C18H21NO3/c1-13-7-8-14(2)19(13)18(20)6-4-3-5-15-9-10-16-17(11-15)22-12-21-16/h3-6,9-11,13-14H,7-8,12H2,1-2H3/b5-3+,6-4+/t13-,14-/m1/s1. The van der Waals surface area contributed by atoms with E-state index in [9.17, 15) is 4.79 Å². The van der Waals surface area contributed by atoms with Crippen molar-refractivity contribution in [2.75, 3.05) is 6.79 Å². The van der Waals surface area contributed by atoms with E-state index in [2.05, 4.69) is 13.8 Å². The molecule has 0 aromatic heterocycles. The van der Waals surface area contributed by atoms with Crippen LogP contribution in [0.4, 0.5) is 0 Å². The second-order valence-electron chi connectivity index (χ2n) is 5.85. The molecule has 4 heteroatoms. The van der Waals surface area contributed by atoms with Crippen LogP contribution < -0.4 is 9.47 Å². The summed E-state index contributed by atoms with van der Waals surface area (Å²) in [6.07, 6.45) is 9.44. The van der Waals surface area contributed by atoms with Crippen LogP contribution in [0.15, 0.2) is 36.4 Å². The summed E-state index contributed by atoms with van der Waals surface area (Å²) in [5.41, 5.74) is 1.02. The number of carbonyl (C=O) groups is 1. The fraction of sp³-hybridized carbons (Fsp3) is 0.389. The SMILES string of the molecule is C[C@@H]1CC[C@@H](C)N1C(=O)/C=C/C=C/c1ccc2c(c1)OCO2. The summed E-state index contributed by atoms with van der Waals surface area (Å²) in [5, 5.41) is 0. The molecule has 0 aliphatic carbocycles. The lowest BCUT2D eigenvalue weighted by Gasteiger charge is -2.24.